The van der Waals surface area contributed by atoms with Gasteiger partial charge in [0.25, 0.3) is 15.1 Å². The lowest BCUT2D eigenvalue weighted by molar-refractivity contribution is -0.114. The average Bonchev–Trinajstić information content (AvgIpc) is 1.62. The number of hydrogen-bond donors (Lipinski definition) is 0. The number of carbonyl (C=O) groups excluding carboxylic acids is 1. The van der Waals surface area contributed by atoms with Crippen molar-refractivity contribution in [3.63, 3.8) is 0 Å². The average molecular weight is 150 g/mol. The molecule has 0 atom stereocenters. The Morgan fingerprint density at radius 1 is 1.44 bits per heavy atom. The van der Waals surface area contributed by atoms with Crippen LogP contribution < -0.4 is 5.14 Å². The van der Waals surface area contributed by atoms with E-state index in [0.29, 0.717) is 0 Å². The zero-order valence-electron chi connectivity index (χ0n) is 5.21. The molecule has 0 aliphatic heterocycles. The summed E-state index contributed by atoms with van der Waals surface area (Å²) in [5.41, 5.74) is 0. The molecule has 4 nitrogen and oxygen atoms in total. The predicted octanol–water partition coefficient (Wildman–Crippen LogP) is -0.218. The van der Waals surface area contributed by atoms with Crippen molar-refractivity contribution in [1.82, 2.24) is 5.14 Å². The van der Waals surface area contributed by atoms with Crippen LogP contribution in [0.15, 0.2) is 0 Å². The third-order valence-corrected chi connectivity index (χ3v) is 1.74. The fraction of sp³-hybridized carbons (Fsp3) is 0.750. The molecule has 0 saturated heterocycles. The Bertz CT molecular complexity index is 204. The Morgan fingerprint density at radius 3 is 1.78 bits per heavy atom. The molecular formula is C4H8NO3S. The lowest BCUT2D eigenvalue weighted by atomic mass is 10.3. The van der Waals surface area contributed by atoms with Crippen LogP contribution in [0.1, 0.15) is 13.8 Å². The summed E-state index contributed by atoms with van der Waals surface area (Å²) in [4.78, 5) is 10.4. The van der Waals surface area contributed by atoms with E-state index in [2.05, 4.69) is 0 Å². The predicted molar refractivity (Wildman–Crippen MR) is 31.9 cm³/mol. The normalized spacial score (nSPS) is 12.0. The molecule has 0 rings (SSSR count). The molecular weight excluding hydrogens is 142 g/mol. The molecule has 0 amide bonds. The van der Waals surface area contributed by atoms with Crippen molar-refractivity contribution in [3.05, 3.63) is 0 Å². The highest BCUT2D eigenvalue weighted by atomic mass is 32.2. The Hall–Kier alpha value is -0.420. The fourth-order valence-electron chi connectivity index (χ4n) is 0.310. The van der Waals surface area contributed by atoms with E-state index in [0.717, 1.165) is 0 Å². The Morgan fingerprint density at radius 2 is 1.78 bits per heavy atom. The van der Waals surface area contributed by atoms with Gasteiger partial charge in [-0.2, -0.15) is 0 Å². The van der Waals surface area contributed by atoms with Gasteiger partial charge in [0, 0.05) is 5.92 Å². The minimum atomic E-state index is -4.19. The van der Waals surface area contributed by atoms with Crippen LogP contribution in [-0.2, 0) is 14.8 Å². The molecule has 53 valence electrons. The quantitative estimate of drug-likeness (QED) is 0.518. The Kier molecular flexibility index (Phi) is 2.33. The highest BCUT2D eigenvalue weighted by Gasteiger charge is 2.20. The van der Waals surface area contributed by atoms with Gasteiger partial charge in [0.15, 0.2) is 0 Å². The maximum Gasteiger partial charge on any atom is 0.288 e. The number of carbonyl (C=O) groups is 1. The van der Waals surface area contributed by atoms with Crippen LogP contribution in [0.4, 0.5) is 0 Å². The van der Waals surface area contributed by atoms with Crippen molar-refractivity contribution in [3.8, 4) is 0 Å². The number of nitrogens with one attached hydrogen (secondary N) is 1. The lowest BCUT2D eigenvalue weighted by Gasteiger charge is -1.96. The second-order valence-corrected chi connectivity index (χ2v) is 3.39. The first-order valence-corrected chi connectivity index (χ1v) is 3.87. The van der Waals surface area contributed by atoms with Crippen molar-refractivity contribution >= 4 is 15.1 Å². The van der Waals surface area contributed by atoms with Gasteiger partial charge in [-0.3, -0.25) is 4.79 Å². The van der Waals surface area contributed by atoms with E-state index in [9.17, 15) is 13.2 Å². The second kappa shape index (κ2) is 2.45. The van der Waals surface area contributed by atoms with E-state index in [4.69, 9.17) is 5.14 Å². The van der Waals surface area contributed by atoms with E-state index in [1.54, 1.807) is 0 Å². The fourth-order valence-corrected chi connectivity index (χ4v) is 0.931. The molecule has 0 unspecified atom stereocenters. The molecule has 0 aliphatic rings. The standard InChI is InChI=1S/C4H8NO3S/c1-3(2)4(6)9(5,7)8/h3,5H,1-2H3. The van der Waals surface area contributed by atoms with Crippen LogP contribution in [0.2, 0.25) is 0 Å². The van der Waals surface area contributed by atoms with Gasteiger partial charge in [-0.15, -0.1) is 5.14 Å². The van der Waals surface area contributed by atoms with Crippen LogP contribution in [0, 0.1) is 5.92 Å². The second-order valence-electron chi connectivity index (χ2n) is 1.98. The molecule has 0 heterocycles. The highest BCUT2D eigenvalue weighted by molar-refractivity contribution is 8.03. The van der Waals surface area contributed by atoms with E-state index < -0.39 is 21.1 Å². The molecule has 0 aromatic carbocycles. The summed E-state index contributed by atoms with van der Waals surface area (Å²) in [7, 11) is -4.19. The smallest absolute Gasteiger partial charge is 0.280 e. The molecule has 9 heavy (non-hydrogen) atoms. The maximum absolute atomic E-state index is 10.4. The maximum atomic E-state index is 10.4. The van der Waals surface area contributed by atoms with Gasteiger partial charge in [-0.1, -0.05) is 13.8 Å². The molecule has 5 heteroatoms. The summed E-state index contributed by atoms with van der Waals surface area (Å²) in [6.45, 7) is 2.88. The van der Waals surface area contributed by atoms with Crippen molar-refractivity contribution in [1.29, 1.82) is 0 Å². The van der Waals surface area contributed by atoms with Crippen molar-refractivity contribution < 1.29 is 13.2 Å². The summed E-state index contributed by atoms with van der Waals surface area (Å²) in [5, 5.41) is 5.27. The monoisotopic (exact) mass is 150 g/mol. The molecule has 0 aromatic rings. The first-order valence-electron chi connectivity index (χ1n) is 2.39. The van der Waals surface area contributed by atoms with Crippen LogP contribution in [0.25, 0.3) is 0 Å². The summed E-state index contributed by atoms with van der Waals surface area (Å²) in [6.07, 6.45) is 0. The summed E-state index contributed by atoms with van der Waals surface area (Å²) < 4.78 is 20.2. The third-order valence-electron chi connectivity index (χ3n) is 0.736. The van der Waals surface area contributed by atoms with Gasteiger partial charge in [0.1, 0.15) is 0 Å². The molecule has 0 aliphatic carbocycles. The first-order chi connectivity index (χ1) is 3.85. The van der Waals surface area contributed by atoms with Crippen molar-refractivity contribution in [2.24, 2.45) is 5.92 Å². The van der Waals surface area contributed by atoms with Crippen LogP contribution in [0.5, 0.6) is 0 Å². The minimum absolute atomic E-state index is 0.604. The van der Waals surface area contributed by atoms with Gasteiger partial charge in [0.2, 0.25) is 0 Å². The molecule has 0 bridgehead atoms. The SMILES string of the molecule is CC(C)C(=O)S([NH])(=O)=O. The first kappa shape index (κ1) is 8.58. The molecule has 1 N–H and O–H groups in total. The molecule has 1 radical (unpaired) electrons. The number of sulfonamides is 1. The molecule has 0 fully saturated rings. The van der Waals surface area contributed by atoms with Gasteiger partial charge in [-0.05, 0) is 0 Å². The van der Waals surface area contributed by atoms with Crippen LogP contribution >= 0.6 is 0 Å². The Balaban J connectivity index is 4.45. The number of rotatable bonds is 1. The van der Waals surface area contributed by atoms with E-state index >= 15 is 0 Å². The van der Waals surface area contributed by atoms with E-state index in [-0.39, 0.29) is 0 Å². The molecule has 0 aromatic heterocycles. The zero-order valence-corrected chi connectivity index (χ0v) is 6.03. The third kappa shape index (κ3) is 2.57. The Labute approximate surface area is 54.1 Å². The summed E-state index contributed by atoms with van der Waals surface area (Å²) in [5.74, 6) is -0.604. The summed E-state index contributed by atoms with van der Waals surface area (Å²) in [6, 6.07) is 0. The van der Waals surface area contributed by atoms with Gasteiger partial charge in [-0.25, -0.2) is 8.42 Å². The van der Waals surface area contributed by atoms with Crippen molar-refractivity contribution in [2.45, 2.75) is 13.8 Å². The van der Waals surface area contributed by atoms with Gasteiger partial charge in [0.05, 0.1) is 0 Å². The van der Waals surface area contributed by atoms with E-state index in [1.807, 2.05) is 0 Å². The molecule has 0 saturated carbocycles. The van der Waals surface area contributed by atoms with Crippen LogP contribution in [0.3, 0.4) is 0 Å². The molecule has 0 spiro atoms. The van der Waals surface area contributed by atoms with Gasteiger partial charge < -0.3 is 0 Å². The number of hydrogen-bond acceptors (Lipinski definition) is 3. The van der Waals surface area contributed by atoms with Crippen molar-refractivity contribution in [2.75, 3.05) is 0 Å². The minimum Gasteiger partial charge on any atom is -0.280 e. The highest BCUT2D eigenvalue weighted by Crippen LogP contribution is 1.98. The van der Waals surface area contributed by atoms with Gasteiger partial charge >= 0.3 is 0 Å². The topological polar surface area (TPSA) is 75.0 Å². The zero-order chi connectivity index (χ0) is 7.65. The summed E-state index contributed by atoms with van der Waals surface area (Å²) >= 11 is 0. The van der Waals surface area contributed by atoms with Crippen LogP contribution in [-0.4, -0.2) is 13.5 Å². The lowest BCUT2D eigenvalue weighted by Crippen LogP contribution is -2.20. The largest absolute Gasteiger partial charge is 0.288 e. The van der Waals surface area contributed by atoms with E-state index in [1.165, 1.54) is 13.8 Å².